The second-order valence-corrected chi connectivity index (χ2v) is 6.63. The minimum absolute atomic E-state index is 0.0354. The lowest BCUT2D eigenvalue weighted by atomic mass is 10.2. The van der Waals surface area contributed by atoms with Crippen LogP contribution in [0.2, 0.25) is 0 Å². The Morgan fingerprint density at radius 3 is 2.78 bits per heavy atom. The zero-order valence-electron chi connectivity index (χ0n) is 13.7. The number of hydrogen-bond acceptors (Lipinski definition) is 4. The van der Waals surface area contributed by atoms with Gasteiger partial charge in [0.2, 0.25) is 5.78 Å². The molecule has 3 aromatic rings. The van der Waals surface area contributed by atoms with E-state index in [1.807, 2.05) is 28.7 Å². The number of nitrogens with zero attached hydrogens (tertiary/aromatic N) is 5. The summed E-state index contributed by atoms with van der Waals surface area (Å²) in [7, 11) is 3.88. The van der Waals surface area contributed by atoms with E-state index in [1.165, 1.54) is 12.8 Å². The second-order valence-electron chi connectivity index (χ2n) is 6.63. The summed E-state index contributed by atoms with van der Waals surface area (Å²) >= 11 is 0. The van der Waals surface area contributed by atoms with Crippen molar-refractivity contribution < 1.29 is 0 Å². The van der Waals surface area contributed by atoms with Crippen molar-refractivity contribution >= 4 is 16.7 Å². The summed E-state index contributed by atoms with van der Waals surface area (Å²) in [5, 5.41) is 9.31. The van der Waals surface area contributed by atoms with Gasteiger partial charge in [-0.2, -0.15) is 0 Å². The first-order valence-corrected chi connectivity index (χ1v) is 8.10. The van der Waals surface area contributed by atoms with E-state index >= 15 is 0 Å². The van der Waals surface area contributed by atoms with Gasteiger partial charge in [-0.15, -0.1) is 10.2 Å². The van der Waals surface area contributed by atoms with Gasteiger partial charge >= 0.3 is 0 Å². The molecule has 0 N–H and O–H groups in total. The lowest BCUT2D eigenvalue weighted by Gasteiger charge is -2.23. The molecule has 0 aliphatic heterocycles. The van der Waals surface area contributed by atoms with Crippen LogP contribution in [-0.4, -0.2) is 37.2 Å². The lowest BCUT2D eigenvalue weighted by molar-refractivity contribution is 0.221. The molecule has 1 aliphatic carbocycles. The molecule has 1 unspecified atom stereocenters. The van der Waals surface area contributed by atoms with Gasteiger partial charge in [0.25, 0.3) is 5.56 Å². The molecule has 2 aromatic heterocycles. The second kappa shape index (κ2) is 5.16. The Balaban J connectivity index is 1.86. The number of aryl methyl sites for hydroxylation is 1. The summed E-state index contributed by atoms with van der Waals surface area (Å²) in [4.78, 5) is 14.8. The van der Waals surface area contributed by atoms with Crippen molar-refractivity contribution in [1.82, 2.24) is 24.1 Å². The van der Waals surface area contributed by atoms with Crippen molar-refractivity contribution in [3.8, 4) is 0 Å². The molecular weight excluding hydrogens is 290 g/mol. The summed E-state index contributed by atoms with van der Waals surface area (Å²) in [6.45, 7) is 3.00. The summed E-state index contributed by atoms with van der Waals surface area (Å²) in [5.74, 6) is 2.28. The highest BCUT2D eigenvalue weighted by atomic mass is 16.1. The molecule has 0 radical (unpaired) electrons. The van der Waals surface area contributed by atoms with E-state index in [9.17, 15) is 4.79 Å². The monoisotopic (exact) mass is 311 g/mol. The van der Waals surface area contributed by atoms with Gasteiger partial charge in [0.05, 0.1) is 17.4 Å². The average molecular weight is 311 g/mol. The van der Waals surface area contributed by atoms with E-state index in [-0.39, 0.29) is 5.56 Å². The van der Waals surface area contributed by atoms with Gasteiger partial charge in [-0.3, -0.25) is 18.7 Å². The largest absolute Gasteiger partial charge is 0.296 e. The minimum atomic E-state index is -0.0354. The molecule has 1 aliphatic rings. The number of hydrogen-bond donors (Lipinski definition) is 0. The molecule has 0 amide bonds. The Hall–Kier alpha value is -2.21. The first-order valence-electron chi connectivity index (χ1n) is 8.10. The van der Waals surface area contributed by atoms with Crippen molar-refractivity contribution in [2.75, 3.05) is 7.05 Å². The molecule has 1 aromatic carbocycles. The quantitative estimate of drug-likeness (QED) is 0.737. The molecule has 4 rings (SSSR count). The van der Waals surface area contributed by atoms with Crippen molar-refractivity contribution in [3.05, 3.63) is 40.4 Å². The van der Waals surface area contributed by atoms with Crippen LogP contribution in [0.5, 0.6) is 0 Å². The predicted octanol–water partition coefficient (Wildman–Crippen LogP) is 1.81. The Bertz CT molecular complexity index is 937. The minimum Gasteiger partial charge on any atom is -0.296 e. The van der Waals surface area contributed by atoms with Crippen LogP contribution in [0.15, 0.2) is 29.1 Å². The van der Waals surface area contributed by atoms with E-state index in [0.717, 1.165) is 23.8 Å². The molecule has 2 heterocycles. The van der Waals surface area contributed by atoms with E-state index in [1.54, 1.807) is 11.6 Å². The SMILES string of the molecule is CC(C1CC1)N(C)Cc1nnc2n(C)c(=O)c3ccccc3n12. The van der Waals surface area contributed by atoms with Crippen molar-refractivity contribution in [2.24, 2.45) is 13.0 Å². The van der Waals surface area contributed by atoms with E-state index in [2.05, 4.69) is 29.1 Å². The fraction of sp³-hybridized carbons (Fsp3) is 0.471. The molecule has 1 fully saturated rings. The molecule has 6 heteroatoms. The van der Waals surface area contributed by atoms with Crippen LogP contribution in [0, 0.1) is 5.92 Å². The molecule has 1 saturated carbocycles. The number of fused-ring (bicyclic) bond motifs is 3. The van der Waals surface area contributed by atoms with Gasteiger partial charge in [-0.1, -0.05) is 12.1 Å². The fourth-order valence-corrected chi connectivity index (χ4v) is 3.30. The maximum Gasteiger partial charge on any atom is 0.262 e. The van der Waals surface area contributed by atoms with Crippen LogP contribution in [0.3, 0.4) is 0 Å². The van der Waals surface area contributed by atoms with Crippen LogP contribution >= 0.6 is 0 Å². The van der Waals surface area contributed by atoms with Gasteiger partial charge in [-0.25, -0.2) is 0 Å². The number of para-hydroxylation sites is 1. The number of aromatic nitrogens is 4. The van der Waals surface area contributed by atoms with Crippen LogP contribution in [-0.2, 0) is 13.6 Å². The van der Waals surface area contributed by atoms with Crippen molar-refractivity contribution in [2.45, 2.75) is 32.4 Å². The zero-order valence-corrected chi connectivity index (χ0v) is 13.7. The van der Waals surface area contributed by atoms with Crippen molar-refractivity contribution in [1.29, 1.82) is 0 Å². The standard InChI is InChI=1S/C17H21N5O/c1-11(12-8-9-12)20(2)10-15-18-19-17-21(3)16(23)13-6-4-5-7-14(13)22(15)17/h4-7,11-12H,8-10H2,1-3H3. The summed E-state index contributed by atoms with van der Waals surface area (Å²) in [6.07, 6.45) is 2.65. The molecule has 120 valence electrons. The molecule has 6 nitrogen and oxygen atoms in total. The van der Waals surface area contributed by atoms with Crippen LogP contribution in [0.25, 0.3) is 16.7 Å². The number of rotatable bonds is 4. The summed E-state index contributed by atoms with van der Waals surface area (Å²) < 4.78 is 3.58. The smallest absolute Gasteiger partial charge is 0.262 e. The van der Waals surface area contributed by atoms with Gasteiger partial charge in [0, 0.05) is 13.1 Å². The topological polar surface area (TPSA) is 55.4 Å². The third kappa shape index (κ3) is 2.25. The van der Waals surface area contributed by atoms with Gasteiger partial charge < -0.3 is 0 Å². The third-order valence-electron chi connectivity index (χ3n) is 5.08. The summed E-state index contributed by atoms with van der Waals surface area (Å²) in [6, 6.07) is 8.20. The third-order valence-corrected chi connectivity index (χ3v) is 5.08. The number of benzene rings is 1. The maximum atomic E-state index is 12.5. The van der Waals surface area contributed by atoms with E-state index < -0.39 is 0 Å². The Labute approximate surface area is 134 Å². The highest BCUT2D eigenvalue weighted by Gasteiger charge is 2.31. The zero-order chi connectivity index (χ0) is 16.1. The van der Waals surface area contributed by atoms with Gasteiger partial charge in [-0.05, 0) is 44.9 Å². The van der Waals surface area contributed by atoms with Crippen LogP contribution in [0.1, 0.15) is 25.6 Å². The molecule has 0 saturated heterocycles. The Morgan fingerprint density at radius 2 is 2.04 bits per heavy atom. The molecule has 23 heavy (non-hydrogen) atoms. The first-order chi connectivity index (χ1) is 11.1. The molecule has 0 spiro atoms. The first kappa shape index (κ1) is 14.4. The van der Waals surface area contributed by atoms with E-state index in [4.69, 9.17) is 0 Å². The average Bonchev–Trinajstić information content (AvgIpc) is 3.33. The molecule has 0 bridgehead atoms. The van der Waals surface area contributed by atoms with Crippen molar-refractivity contribution in [3.63, 3.8) is 0 Å². The van der Waals surface area contributed by atoms with Gasteiger partial charge in [0.1, 0.15) is 0 Å². The predicted molar refractivity (Wildman–Crippen MR) is 89.4 cm³/mol. The highest BCUT2D eigenvalue weighted by Crippen LogP contribution is 2.35. The van der Waals surface area contributed by atoms with E-state index in [0.29, 0.717) is 17.2 Å². The van der Waals surface area contributed by atoms with Crippen LogP contribution in [0.4, 0.5) is 0 Å². The van der Waals surface area contributed by atoms with Gasteiger partial charge in [0.15, 0.2) is 5.82 Å². The highest BCUT2D eigenvalue weighted by molar-refractivity contribution is 5.80. The summed E-state index contributed by atoms with van der Waals surface area (Å²) in [5.41, 5.74) is 0.838. The Kier molecular flexibility index (Phi) is 3.23. The Morgan fingerprint density at radius 1 is 1.30 bits per heavy atom. The lowest BCUT2D eigenvalue weighted by Crippen LogP contribution is -2.31. The normalized spacial score (nSPS) is 16.5. The molecule has 1 atom stereocenters. The molecular formula is C17H21N5O. The van der Waals surface area contributed by atoms with Crippen LogP contribution < -0.4 is 5.56 Å². The maximum absolute atomic E-state index is 12.5. The fourth-order valence-electron chi connectivity index (χ4n) is 3.30.